The molecule has 3 nitrogen and oxygen atoms in total. The summed E-state index contributed by atoms with van der Waals surface area (Å²) in [6, 6.07) is 1.20. The number of fused-ring (bicyclic) bond motifs is 1. The maximum atomic E-state index is 13.9. The molecule has 0 radical (unpaired) electrons. The normalized spacial score (nSPS) is 24.4. The van der Waals surface area contributed by atoms with Gasteiger partial charge in [0.05, 0.1) is 11.3 Å². The van der Waals surface area contributed by atoms with Crippen molar-refractivity contribution in [3.05, 3.63) is 29.3 Å². The van der Waals surface area contributed by atoms with Crippen molar-refractivity contribution in [1.82, 2.24) is 5.32 Å². The van der Waals surface area contributed by atoms with Gasteiger partial charge in [0, 0.05) is 5.56 Å². The zero-order valence-electron chi connectivity index (χ0n) is 10.9. The molecule has 2 rings (SSSR count). The van der Waals surface area contributed by atoms with Crippen LogP contribution < -0.4 is 5.32 Å². The van der Waals surface area contributed by atoms with E-state index in [9.17, 15) is 17.2 Å². The Morgan fingerprint density at radius 3 is 2.42 bits per heavy atom. The second-order valence-electron chi connectivity index (χ2n) is 4.70. The number of rotatable bonds is 4. The van der Waals surface area contributed by atoms with Crippen molar-refractivity contribution >= 4 is 9.84 Å². The van der Waals surface area contributed by atoms with Gasteiger partial charge in [0.1, 0.15) is 16.5 Å². The number of nitrogens with one attached hydrogen (secondary N) is 1. The van der Waals surface area contributed by atoms with Crippen LogP contribution in [-0.2, 0) is 9.84 Å². The Balaban J connectivity index is 2.63. The minimum absolute atomic E-state index is 0.0414. The monoisotopic (exact) mass is 289 g/mol. The van der Waals surface area contributed by atoms with Crippen LogP contribution in [0.5, 0.6) is 0 Å². The number of halogens is 2. The molecule has 0 saturated heterocycles. The van der Waals surface area contributed by atoms with E-state index in [4.69, 9.17) is 0 Å². The third-order valence-electron chi connectivity index (χ3n) is 3.48. The van der Waals surface area contributed by atoms with Crippen LogP contribution in [0.4, 0.5) is 8.78 Å². The SMILES string of the molecule is CCCNC1c2c(F)ccc(F)c2S(=O)(=O)C1CC. The lowest BCUT2D eigenvalue weighted by atomic mass is 10.0. The first kappa shape index (κ1) is 14.4. The van der Waals surface area contributed by atoms with Crippen molar-refractivity contribution in [3.63, 3.8) is 0 Å². The summed E-state index contributed by atoms with van der Waals surface area (Å²) in [5, 5.41) is 2.22. The van der Waals surface area contributed by atoms with Crippen LogP contribution in [0.2, 0.25) is 0 Å². The quantitative estimate of drug-likeness (QED) is 0.926. The van der Waals surface area contributed by atoms with Crippen molar-refractivity contribution < 1.29 is 17.2 Å². The molecule has 0 spiro atoms. The molecule has 106 valence electrons. The van der Waals surface area contributed by atoms with Gasteiger partial charge in [-0.1, -0.05) is 13.8 Å². The first-order valence-corrected chi connectivity index (χ1v) is 7.94. The molecule has 0 saturated carbocycles. The van der Waals surface area contributed by atoms with E-state index in [1.54, 1.807) is 6.92 Å². The molecule has 1 aliphatic rings. The van der Waals surface area contributed by atoms with Gasteiger partial charge in [0.25, 0.3) is 0 Å². The molecule has 2 atom stereocenters. The number of sulfone groups is 1. The number of hydrogen-bond donors (Lipinski definition) is 1. The summed E-state index contributed by atoms with van der Waals surface area (Å²) in [6.45, 7) is 4.21. The molecule has 0 amide bonds. The minimum Gasteiger partial charge on any atom is -0.309 e. The largest absolute Gasteiger partial charge is 0.309 e. The van der Waals surface area contributed by atoms with E-state index in [1.807, 2.05) is 6.92 Å². The standard InChI is InChI=1S/C13H17F2NO2S/c1-3-7-16-12-10(4-2)19(17,18)13-9(15)6-5-8(14)11(12)13/h5-6,10,12,16H,3-4,7H2,1-2H3. The molecule has 6 heteroatoms. The summed E-state index contributed by atoms with van der Waals surface area (Å²) in [7, 11) is -3.81. The Morgan fingerprint density at radius 1 is 1.21 bits per heavy atom. The van der Waals surface area contributed by atoms with Gasteiger partial charge in [-0.05, 0) is 31.5 Å². The van der Waals surface area contributed by atoms with Gasteiger partial charge >= 0.3 is 0 Å². The second kappa shape index (κ2) is 5.17. The number of hydrogen-bond acceptors (Lipinski definition) is 3. The molecule has 1 aromatic carbocycles. The summed E-state index contributed by atoms with van der Waals surface area (Å²) < 4.78 is 52.4. The van der Waals surface area contributed by atoms with Crippen molar-refractivity contribution in [2.45, 2.75) is 42.9 Å². The van der Waals surface area contributed by atoms with Gasteiger partial charge in [0.2, 0.25) is 0 Å². The molecule has 0 bridgehead atoms. The van der Waals surface area contributed by atoms with E-state index < -0.39 is 37.7 Å². The van der Waals surface area contributed by atoms with Crippen molar-refractivity contribution in [1.29, 1.82) is 0 Å². The maximum absolute atomic E-state index is 13.9. The molecule has 0 aliphatic carbocycles. The van der Waals surface area contributed by atoms with E-state index >= 15 is 0 Å². The van der Waals surface area contributed by atoms with Crippen LogP contribution in [0, 0.1) is 11.6 Å². The second-order valence-corrected chi connectivity index (χ2v) is 6.80. The Hall–Kier alpha value is -1.01. The minimum atomic E-state index is -3.81. The van der Waals surface area contributed by atoms with Crippen LogP contribution in [0.15, 0.2) is 17.0 Å². The van der Waals surface area contributed by atoms with Gasteiger partial charge < -0.3 is 5.32 Å². The molecule has 0 fully saturated rings. The summed E-state index contributed by atoms with van der Waals surface area (Å²) in [6.07, 6.45) is 1.11. The smallest absolute Gasteiger partial charge is 0.186 e. The predicted octanol–water partition coefficient (Wildman–Crippen LogP) is 2.57. The predicted molar refractivity (Wildman–Crippen MR) is 68.7 cm³/mol. The van der Waals surface area contributed by atoms with Crippen LogP contribution in [0.1, 0.15) is 38.3 Å². The molecule has 0 aromatic heterocycles. The van der Waals surface area contributed by atoms with Gasteiger partial charge in [0.15, 0.2) is 9.84 Å². The first-order chi connectivity index (χ1) is 8.95. The highest BCUT2D eigenvalue weighted by atomic mass is 32.2. The van der Waals surface area contributed by atoms with Gasteiger partial charge in [-0.2, -0.15) is 0 Å². The molecular formula is C13H17F2NO2S. The Labute approximate surface area is 111 Å². The molecule has 1 aliphatic heterocycles. The summed E-state index contributed by atoms with van der Waals surface area (Å²) in [5.41, 5.74) is -0.0414. The van der Waals surface area contributed by atoms with Gasteiger partial charge in [-0.3, -0.25) is 0 Å². The van der Waals surface area contributed by atoms with Crippen LogP contribution in [0.25, 0.3) is 0 Å². The fourth-order valence-electron chi connectivity index (χ4n) is 2.63. The lowest BCUT2D eigenvalue weighted by Gasteiger charge is -2.19. The van der Waals surface area contributed by atoms with Gasteiger partial charge in [-0.15, -0.1) is 0 Å². The molecule has 1 heterocycles. The van der Waals surface area contributed by atoms with Crippen molar-refractivity contribution in [2.24, 2.45) is 0 Å². The highest BCUT2D eigenvalue weighted by Crippen LogP contribution is 2.43. The van der Waals surface area contributed by atoms with E-state index in [1.165, 1.54) is 0 Å². The van der Waals surface area contributed by atoms with Crippen LogP contribution >= 0.6 is 0 Å². The highest BCUT2D eigenvalue weighted by molar-refractivity contribution is 7.92. The average molecular weight is 289 g/mol. The molecular weight excluding hydrogens is 272 g/mol. The third-order valence-corrected chi connectivity index (χ3v) is 5.86. The number of benzene rings is 1. The van der Waals surface area contributed by atoms with E-state index in [-0.39, 0.29) is 5.56 Å². The van der Waals surface area contributed by atoms with E-state index in [0.717, 1.165) is 18.6 Å². The average Bonchev–Trinajstić information content (AvgIpc) is 2.59. The fourth-order valence-corrected chi connectivity index (χ4v) is 4.84. The van der Waals surface area contributed by atoms with Crippen molar-refractivity contribution in [2.75, 3.05) is 6.54 Å². The lowest BCUT2D eigenvalue weighted by Crippen LogP contribution is -2.32. The summed E-state index contributed by atoms with van der Waals surface area (Å²) in [4.78, 5) is -0.465. The van der Waals surface area contributed by atoms with Crippen molar-refractivity contribution in [3.8, 4) is 0 Å². The van der Waals surface area contributed by atoms with Gasteiger partial charge in [-0.25, -0.2) is 17.2 Å². The fraction of sp³-hybridized carbons (Fsp3) is 0.538. The molecule has 1 N–H and O–H groups in total. The Kier molecular flexibility index (Phi) is 3.92. The zero-order valence-corrected chi connectivity index (χ0v) is 11.7. The molecule has 1 aromatic rings. The van der Waals surface area contributed by atoms with E-state index in [0.29, 0.717) is 13.0 Å². The molecule has 19 heavy (non-hydrogen) atoms. The topological polar surface area (TPSA) is 46.2 Å². The van der Waals surface area contributed by atoms with Crippen LogP contribution in [0.3, 0.4) is 0 Å². The van der Waals surface area contributed by atoms with E-state index in [2.05, 4.69) is 5.32 Å². The maximum Gasteiger partial charge on any atom is 0.186 e. The highest BCUT2D eigenvalue weighted by Gasteiger charge is 2.47. The lowest BCUT2D eigenvalue weighted by molar-refractivity contribution is 0.469. The summed E-state index contributed by atoms with van der Waals surface area (Å²) >= 11 is 0. The Bertz CT molecular complexity index is 587. The first-order valence-electron chi connectivity index (χ1n) is 6.40. The zero-order chi connectivity index (χ0) is 14.2. The van der Waals surface area contributed by atoms with Crippen LogP contribution in [-0.4, -0.2) is 20.2 Å². The Morgan fingerprint density at radius 2 is 1.84 bits per heavy atom. The third kappa shape index (κ3) is 2.17. The molecule has 2 unspecified atom stereocenters. The summed E-state index contributed by atoms with van der Waals surface area (Å²) in [5.74, 6) is -1.53.